The van der Waals surface area contributed by atoms with Gasteiger partial charge in [0.05, 0.1) is 29.2 Å². The zero-order chi connectivity index (χ0) is 26.7. The van der Waals surface area contributed by atoms with E-state index in [1.54, 1.807) is 29.8 Å². The highest BCUT2D eigenvalue weighted by Gasteiger charge is 2.29. The third-order valence-electron chi connectivity index (χ3n) is 6.04. The van der Waals surface area contributed by atoms with Gasteiger partial charge in [-0.05, 0) is 57.4 Å². The average molecular weight is 523 g/mol. The van der Waals surface area contributed by atoms with Crippen molar-refractivity contribution >= 4 is 15.7 Å². The number of rotatable bonds is 9. The summed E-state index contributed by atoms with van der Waals surface area (Å²) in [5.41, 5.74) is 2.94. The summed E-state index contributed by atoms with van der Waals surface area (Å²) in [6.45, 7) is 5.80. The number of aromatic nitrogens is 2. The van der Waals surface area contributed by atoms with Gasteiger partial charge in [0.25, 0.3) is 5.91 Å². The van der Waals surface area contributed by atoms with Crippen molar-refractivity contribution in [1.82, 2.24) is 14.9 Å². The topological polar surface area (TPSA) is 134 Å². The van der Waals surface area contributed by atoms with E-state index in [2.05, 4.69) is 16.4 Å². The molecule has 2 N–H and O–H groups in total. The molecule has 0 radical (unpaired) electrons. The van der Waals surface area contributed by atoms with Crippen LogP contribution in [0.2, 0.25) is 0 Å². The first-order valence-corrected chi connectivity index (χ1v) is 13.8. The maximum absolute atomic E-state index is 13.0. The fourth-order valence-corrected chi connectivity index (χ4v) is 5.70. The van der Waals surface area contributed by atoms with Crippen LogP contribution in [0.4, 0.5) is 0 Å². The maximum atomic E-state index is 13.0. The van der Waals surface area contributed by atoms with Gasteiger partial charge in [-0.25, -0.2) is 13.4 Å². The van der Waals surface area contributed by atoms with Gasteiger partial charge < -0.3 is 19.7 Å². The lowest BCUT2D eigenvalue weighted by Gasteiger charge is -2.21. The number of aliphatic hydroxyl groups is 1. The number of hydrogen-bond acceptors (Lipinski definition) is 7. The van der Waals surface area contributed by atoms with E-state index in [0.717, 1.165) is 11.1 Å². The summed E-state index contributed by atoms with van der Waals surface area (Å²) in [5, 5.41) is 22.6. The molecule has 1 amide bonds. The zero-order valence-corrected chi connectivity index (χ0v) is 21.8. The summed E-state index contributed by atoms with van der Waals surface area (Å²) in [5.74, 6) is 0.164. The van der Waals surface area contributed by atoms with E-state index >= 15 is 0 Å². The lowest BCUT2D eigenvalue weighted by Crippen LogP contribution is -2.38. The van der Waals surface area contributed by atoms with Crippen LogP contribution in [0.3, 0.4) is 0 Å². The summed E-state index contributed by atoms with van der Waals surface area (Å²) in [4.78, 5) is 17.3. The number of imidazole rings is 1. The van der Waals surface area contributed by atoms with Crippen molar-refractivity contribution in [2.75, 3.05) is 5.75 Å². The Kier molecular flexibility index (Phi) is 7.66. The van der Waals surface area contributed by atoms with E-state index in [0.29, 0.717) is 36.4 Å². The number of ether oxygens (including phenoxy) is 1. The minimum atomic E-state index is -3.31. The molecular weight excluding hydrogens is 492 g/mol. The number of hydrogen-bond donors (Lipinski definition) is 2. The van der Waals surface area contributed by atoms with Gasteiger partial charge in [-0.1, -0.05) is 24.3 Å². The molecule has 4 rings (SSSR count). The van der Waals surface area contributed by atoms with Crippen molar-refractivity contribution in [3.8, 4) is 23.1 Å². The second-order valence-electron chi connectivity index (χ2n) is 9.57. The molecule has 37 heavy (non-hydrogen) atoms. The van der Waals surface area contributed by atoms with E-state index in [9.17, 15) is 23.6 Å². The number of carbonyl (C=O) groups is 1. The van der Waals surface area contributed by atoms with Crippen LogP contribution in [0, 0.1) is 11.3 Å². The minimum absolute atomic E-state index is 0.0820. The highest BCUT2D eigenvalue weighted by Crippen LogP contribution is 2.26. The van der Waals surface area contributed by atoms with Gasteiger partial charge in [0, 0.05) is 29.9 Å². The van der Waals surface area contributed by atoms with Crippen LogP contribution >= 0.6 is 0 Å². The Labute approximate surface area is 216 Å². The van der Waals surface area contributed by atoms with Crippen LogP contribution in [-0.4, -0.2) is 53.0 Å². The third-order valence-corrected chi connectivity index (χ3v) is 7.64. The molecule has 1 aromatic heterocycles. The Morgan fingerprint density at radius 3 is 2.57 bits per heavy atom. The number of nitrogens with one attached hydrogen (secondary N) is 1. The molecule has 0 fully saturated rings. The lowest BCUT2D eigenvalue weighted by atomic mass is 9.99. The summed E-state index contributed by atoms with van der Waals surface area (Å²) in [6, 6.07) is 14.0. The summed E-state index contributed by atoms with van der Waals surface area (Å²) in [6.07, 6.45) is 1.84. The van der Waals surface area contributed by atoms with Gasteiger partial charge in [0.15, 0.2) is 0 Å². The van der Waals surface area contributed by atoms with Crippen LogP contribution in [0.5, 0.6) is 5.75 Å². The van der Waals surface area contributed by atoms with Gasteiger partial charge in [0.1, 0.15) is 11.8 Å². The SMILES string of the molecule is CC(O)CC(Cc1ccc(-c2cn3c(n2)S(=O)(=O)CC3)cc1)NC(=O)c1ccc(OC(C)C)c(C#N)c1. The van der Waals surface area contributed by atoms with Crippen molar-refractivity contribution in [3.05, 3.63) is 65.4 Å². The second kappa shape index (κ2) is 10.7. The third kappa shape index (κ3) is 6.18. The number of aliphatic hydroxyl groups excluding tert-OH is 1. The predicted molar refractivity (Wildman–Crippen MR) is 138 cm³/mol. The fraction of sp³-hybridized carbons (Fsp3) is 0.370. The first-order valence-electron chi connectivity index (χ1n) is 12.1. The monoisotopic (exact) mass is 522 g/mol. The quantitative estimate of drug-likeness (QED) is 0.441. The number of carbonyl (C=O) groups excluding carboxylic acids is 1. The Bertz CT molecular complexity index is 1440. The molecule has 0 bridgehead atoms. The first-order chi connectivity index (χ1) is 17.6. The van der Waals surface area contributed by atoms with Crippen molar-refractivity contribution in [2.45, 2.75) is 63.6 Å². The van der Waals surface area contributed by atoms with Crippen molar-refractivity contribution < 1.29 is 23.1 Å². The molecule has 2 aromatic carbocycles. The van der Waals surface area contributed by atoms with Gasteiger partial charge in [-0.3, -0.25) is 4.79 Å². The molecule has 2 heterocycles. The van der Waals surface area contributed by atoms with Crippen molar-refractivity contribution in [3.63, 3.8) is 0 Å². The molecule has 10 heteroatoms. The first kappa shape index (κ1) is 26.4. The number of fused-ring (bicyclic) bond motifs is 1. The van der Waals surface area contributed by atoms with E-state index < -0.39 is 15.9 Å². The molecule has 0 aliphatic carbocycles. The smallest absolute Gasteiger partial charge is 0.251 e. The Morgan fingerprint density at radius 2 is 1.95 bits per heavy atom. The number of amides is 1. The molecular formula is C27H30N4O5S. The zero-order valence-electron chi connectivity index (χ0n) is 21.0. The molecule has 2 unspecified atom stereocenters. The molecule has 3 aromatic rings. The summed E-state index contributed by atoms with van der Waals surface area (Å²) >= 11 is 0. The second-order valence-corrected chi connectivity index (χ2v) is 11.6. The normalized spacial score (nSPS) is 15.6. The minimum Gasteiger partial charge on any atom is -0.490 e. The van der Waals surface area contributed by atoms with E-state index in [1.165, 1.54) is 6.07 Å². The average Bonchev–Trinajstić information content (AvgIpc) is 3.39. The molecule has 2 atom stereocenters. The van der Waals surface area contributed by atoms with Crippen molar-refractivity contribution in [2.24, 2.45) is 0 Å². The molecule has 1 aliphatic heterocycles. The molecule has 0 spiro atoms. The predicted octanol–water partition coefficient (Wildman–Crippen LogP) is 3.11. The number of nitrogens with zero attached hydrogens (tertiary/aromatic N) is 3. The standard InChI is InChI=1S/C27H30N4O5S/c1-17(2)36-25-9-8-21(14-22(25)15-28)26(33)29-23(12-18(3)32)13-19-4-6-20(7-5-19)24-16-31-10-11-37(34,35)27(31)30-24/h4-9,14,16-18,23,32H,10-13H2,1-3H3,(H,29,33). The van der Waals surface area contributed by atoms with Crippen LogP contribution in [0.15, 0.2) is 53.8 Å². The van der Waals surface area contributed by atoms with E-state index in [4.69, 9.17) is 4.74 Å². The van der Waals surface area contributed by atoms with Crippen LogP contribution in [0.1, 0.15) is 48.7 Å². The van der Waals surface area contributed by atoms with Gasteiger partial charge in [-0.2, -0.15) is 5.26 Å². The van der Waals surface area contributed by atoms with Crippen LogP contribution < -0.4 is 10.1 Å². The molecule has 0 saturated heterocycles. The van der Waals surface area contributed by atoms with Gasteiger partial charge in [-0.15, -0.1) is 0 Å². The Balaban J connectivity index is 1.47. The van der Waals surface area contributed by atoms with Crippen LogP contribution in [-0.2, 0) is 22.8 Å². The van der Waals surface area contributed by atoms with E-state index in [-0.39, 0.29) is 34.5 Å². The lowest BCUT2D eigenvalue weighted by molar-refractivity contribution is 0.0917. The number of nitriles is 1. The number of aryl methyl sites for hydroxylation is 1. The molecule has 194 valence electrons. The summed E-state index contributed by atoms with van der Waals surface area (Å²) < 4.78 is 31.5. The Morgan fingerprint density at radius 1 is 1.22 bits per heavy atom. The van der Waals surface area contributed by atoms with Gasteiger partial charge >= 0.3 is 0 Å². The molecule has 1 aliphatic rings. The fourth-order valence-electron chi connectivity index (χ4n) is 4.34. The summed E-state index contributed by atoms with van der Waals surface area (Å²) in [7, 11) is -3.31. The van der Waals surface area contributed by atoms with Crippen molar-refractivity contribution in [1.29, 1.82) is 5.26 Å². The molecule has 0 saturated carbocycles. The highest BCUT2D eigenvalue weighted by atomic mass is 32.2. The van der Waals surface area contributed by atoms with E-state index in [1.807, 2.05) is 38.1 Å². The maximum Gasteiger partial charge on any atom is 0.251 e. The van der Waals surface area contributed by atoms with Gasteiger partial charge in [0.2, 0.25) is 15.0 Å². The largest absolute Gasteiger partial charge is 0.490 e. The Hall–Kier alpha value is -3.68. The number of benzene rings is 2. The molecule has 9 nitrogen and oxygen atoms in total. The highest BCUT2D eigenvalue weighted by molar-refractivity contribution is 7.91. The van der Waals surface area contributed by atoms with Crippen LogP contribution in [0.25, 0.3) is 11.3 Å². The number of sulfone groups is 1.